The molecule has 1 aliphatic rings. The van der Waals surface area contributed by atoms with Crippen LogP contribution in [0.25, 0.3) is 0 Å². The number of aromatic nitrogens is 2. The lowest BCUT2D eigenvalue weighted by molar-refractivity contribution is 0.0187. The number of hydrogen-bond acceptors (Lipinski definition) is 3. The first kappa shape index (κ1) is 14.5. The highest BCUT2D eigenvalue weighted by Gasteiger charge is 2.18. The van der Waals surface area contributed by atoms with Crippen molar-refractivity contribution in [1.29, 1.82) is 0 Å². The molecule has 0 N–H and O–H groups in total. The quantitative estimate of drug-likeness (QED) is 0.837. The van der Waals surface area contributed by atoms with E-state index in [2.05, 4.69) is 54.6 Å². The molecule has 0 bridgehead atoms. The first-order valence-corrected chi connectivity index (χ1v) is 7.33. The van der Waals surface area contributed by atoms with E-state index in [-0.39, 0.29) is 5.54 Å². The molecule has 1 saturated heterocycles. The zero-order valence-electron chi connectivity index (χ0n) is 12.7. The Morgan fingerprint density at radius 1 is 1.32 bits per heavy atom. The van der Waals surface area contributed by atoms with Crippen LogP contribution in [0.4, 0.5) is 0 Å². The van der Waals surface area contributed by atoms with Gasteiger partial charge in [-0.25, -0.2) is 0 Å². The fourth-order valence-electron chi connectivity index (χ4n) is 2.43. The summed E-state index contributed by atoms with van der Waals surface area (Å²) in [6.07, 6.45) is 4.32. The molecule has 4 nitrogen and oxygen atoms in total. The van der Waals surface area contributed by atoms with Crippen LogP contribution in [0.3, 0.4) is 0 Å². The topological polar surface area (TPSA) is 30.3 Å². The van der Waals surface area contributed by atoms with Crippen LogP contribution in [-0.4, -0.2) is 47.0 Å². The number of hydrogen-bond donors (Lipinski definition) is 0. The molecule has 1 atom stereocenters. The molecule has 1 aliphatic heterocycles. The van der Waals surface area contributed by atoms with E-state index < -0.39 is 0 Å². The second kappa shape index (κ2) is 6.06. The number of morpholine rings is 1. The second-order valence-electron chi connectivity index (χ2n) is 6.46. The molecule has 0 aliphatic carbocycles. The fraction of sp³-hybridized carbons (Fsp3) is 0.800. The molecule has 0 spiro atoms. The van der Waals surface area contributed by atoms with E-state index in [9.17, 15) is 0 Å². The van der Waals surface area contributed by atoms with E-state index in [1.165, 1.54) is 12.1 Å². The lowest BCUT2D eigenvalue weighted by Crippen LogP contribution is -2.42. The van der Waals surface area contributed by atoms with Crippen LogP contribution in [0.2, 0.25) is 0 Å². The van der Waals surface area contributed by atoms with Gasteiger partial charge in [0.2, 0.25) is 0 Å². The van der Waals surface area contributed by atoms with Gasteiger partial charge in [0.05, 0.1) is 24.4 Å². The Bertz CT molecular complexity index is 388. The summed E-state index contributed by atoms with van der Waals surface area (Å²) in [6.45, 7) is 12.7. The summed E-state index contributed by atoms with van der Waals surface area (Å²) in [5.74, 6) is 0. The van der Waals surface area contributed by atoms with Gasteiger partial charge in [0.25, 0.3) is 0 Å². The van der Waals surface area contributed by atoms with Gasteiger partial charge in [0.1, 0.15) is 0 Å². The van der Waals surface area contributed by atoms with E-state index in [1.54, 1.807) is 0 Å². The zero-order chi connectivity index (χ0) is 13.9. The minimum atomic E-state index is 0.0775. The van der Waals surface area contributed by atoms with Gasteiger partial charge in [0, 0.05) is 25.3 Å². The molecule has 2 heterocycles. The second-order valence-corrected chi connectivity index (χ2v) is 6.46. The van der Waals surface area contributed by atoms with Gasteiger partial charge < -0.3 is 4.74 Å². The monoisotopic (exact) mass is 265 g/mol. The Morgan fingerprint density at radius 3 is 2.58 bits per heavy atom. The average Bonchev–Trinajstić information content (AvgIpc) is 2.86. The molecule has 1 aromatic heterocycles. The standard InChI is InChI=1S/C15H27N3O/c1-13(17-9-11-19-12-10-17)5-6-14-7-8-18(16-14)15(2,3)4/h7-8,13H,5-6,9-12H2,1-4H3. The minimum Gasteiger partial charge on any atom is -0.379 e. The zero-order valence-corrected chi connectivity index (χ0v) is 12.7. The van der Waals surface area contributed by atoms with Gasteiger partial charge in [0.15, 0.2) is 0 Å². The highest BCUT2D eigenvalue weighted by atomic mass is 16.5. The molecule has 1 fully saturated rings. The van der Waals surface area contributed by atoms with Crippen molar-refractivity contribution in [3.8, 4) is 0 Å². The lowest BCUT2D eigenvalue weighted by atomic mass is 10.1. The van der Waals surface area contributed by atoms with Crippen molar-refractivity contribution in [2.75, 3.05) is 26.3 Å². The van der Waals surface area contributed by atoms with Crippen LogP contribution >= 0.6 is 0 Å². The molecule has 1 unspecified atom stereocenters. The summed E-state index contributed by atoms with van der Waals surface area (Å²) in [5, 5.41) is 4.67. The van der Waals surface area contributed by atoms with Crippen molar-refractivity contribution in [2.24, 2.45) is 0 Å². The summed E-state index contributed by atoms with van der Waals surface area (Å²) in [5.41, 5.74) is 1.28. The van der Waals surface area contributed by atoms with Crippen LogP contribution in [0.1, 0.15) is 39.8 Å². The van der Waals surface area contributed by atoms with Crippen molar-refractivity contribution in [2.45, 2.75) is 52.1 Å². The normalized spacial score (nSPS) is 19.6. The lowest BCUT2D eigenvalue weighted by Gasteiger charge is -2.32. The molecular formula is C15H27N3O. The van der Waals surface area contributed by atoms with E-state index in [0.717, 1.165) is 32.7 Å². The van der Waals surface area contributed by atoms with Crippen molar-refractivity contribution in [3.63, 3.8) is 0 Å². The molecule has 0 radical (unpaired) electrons. The van der Waals surface area contributed by atoms with Gasteiger partial charge in [-0.2, -0.15) is 5.10 Å². The van der Waals surface area contributed by atoms with Crippen LogP contribution in [-0.2, 0) is 16.7 Å². The van der Waals surface area contributed by atoms with Gasteiger partial charge >= 0.3 is 0 Å². The van der Waals surface area contributed by atoms with Crippen molar-refractivity contribution in [3.05, 3.63) is 18.0 Å². The Kier molecular flexibility index (Phi) is 4.63. The van der Waals surface area contributed by atoms with Crippen molar-refractivity contribution >= 4 is 0 Å². The van der Waals surface area contributed by atoms with Crippen molar-refractivity contribution < 1.29 is 4.74 Å². The smallest absolute Gasteiger partial charge is 0.0625 e. The maximum atomic E-state index is 5.40. The fourth-order valence-corrected chi connectivity index (χ4v) is 2.43. The Labute approximate surface area is 116 Å². The molecular weight excluding hydrogens is 238 g/mol. The van der Waals surface area contributed by atoms with Gasteiger partial charge in [-0.1, -0.05) is 0 Å². The van der Waals surface area contributed by atoms with E-state index in [0.29, 0.717) is 6.04 Å². The summed E-state index contributed by atoms with van der Waals surface area (Å²) >= 11 is 0. The van der Waals surface area contributed by atoms with Crippen LogP contribution < -0.4 is 0 Å². The third-order valence-corrected chi connectivity index (χ3v) is 3.82. The molecule has 0 saturated carbocycles. The summed E-state index contributed by atoms with van der Waals surface area (Å²) in [4.78, 5) is 2.52. The molecule has 1 aromatic rings. The molecule has 2 rings (SSSR count). The molecule has 108 valence electrons. The number of ether oxygens (including phenoxy) is 1. The van der Waals surface area contributed by atoms with Crippen LogP contribution in [0.15, 0.2) is 12.3 Å². The minimum absolute atomic E-state index is 0.0775. The summed E-state index contributed by atoms with van der Waals surface area (Å²) in [7, 11) is 0. The van der Waals surface area contributed by atoms with Crippen LogP contribution in [0.5, 0.6) is 0 Å². The third-order valence-electron chi connectivity index (χ3n) is 3.82. The molecule has 4 heteroatoms. The summed E-state index contributed by atoms with van der Waals surface area (Å²) < 4.78 is 7.45. The van der Waals surface area contributed by atoms with E-state index in [4.69, 9.17) is 4.74 Å². The third kappa shape index (κ3) is 4.05. The first-order chi connectivity index (χ1) is 8.97. The predicted octanol–water partition coefficient (Wildman–Crippen LogP) is 2.29. The molecule has 0 amide bonds. The van der Waals surface area contributed by atoms with Gasteiger partial charge in [-0.05, 0) is 46.6 Å². The van der Waals surface area contributed by atoms with Gasteiger partial charge in [-0.3, -0.25) is 9.58 Å². The number of rotatable bonds is 4. The summed E-state index contributed by atoms with van der Waals surface area (Å²) in [6, 6.07) is 2.76. The largest absolute Gasteiger partial charge is 0.379 e. The first-order valence-electron chi connectivity index (χ1n) is 7.33. The maximum Gasteiger partial charge on any atom is 0.0625 e. The Balaban J connectivity index is 1.83. The average molecular weight is 265 g/mol. The SMILES string of the molecule is CC(CCc1ccn(C(C)(C)C)n1)N1CCOCC1. The van der Waals surface area contributed by atoms with E-state index in [1.807, 2.05) is 0 Å². The molecule has 19 heavy (non-hydrogen) atoms. The highest BCUT2D eigenvalue weighted by molar-refractivity contribution is 5.01. The number of aryl methyl sites for hydroxylation is 1. The maximum absolute atomic E-state index is 5.40. The predicted molar refractivity (Wildman–Crippen MR) is 77.4 cm³/mol. The molecule has 0 aromatic carbocycles. The van der Waals surface area contributed by atoms with Crippen molar-refractivity contribution in [1.82, 2.24) is 14.7 Å². The Hall–Kier alpha value is -0.870. The van der Waals surface area contributed by atoms with Gasteiger partial charge in [-0.15, -0.1) is 0 Å². The van der Waals surface area contributed by atoms with E-state index >= 15 is 0 Å². The van der Waals surface area contributed by atoms with Crippen LogP contribution in [0, 0.1) is 0 Å². The Morgan fingerprint density at radius 2 is 2.00 bits per heavy atom. The highest BCUT2D eigenvalue weighted by Crippen LogP contribution is 2.15. The number of nitrogens with zero attached hydrogens (tertiary/aromatic N) is 3.